The number of hydrogen-bond acceptors (Lipinski definition) is 5. The molecule has 0 saturated carbocycles. The Labute approximate surface area is 153 Å². The van der Waals surface area contributed by atoms with E-state index in [2.05, 4.69) is 0 Å². The molecule has 0 atom stereocenters. The Kier molecular flexibility index (Phi) is 5.20. The molecule has 2 heterocycles. The zero-order valence-electron chi connectivity index (χ0n) is 15.2. The summed E-state index contributed by atoms with van der Waals surface area (Å²) >= 11 is 0. The van der Waals surface area contributed by atoms with E-state index < -0.39 is 15.6 Å². The van der Waals surface area contributed by atoms with E-state index in [0.29, 0.717) is 42.3 Å². The quantitative estimate of drug-likeness (QED) is 0.819. The molecule has 1 aliphatic heterocycles. The molecule has 0 radical (unpaired) electrons. The zero-order valence-corrected chi connectivity index (χ0v) is 16.0. The molecule has 1 aliphatic rings. The van der Waals surface area contributed by atoms with Crippen LogP contribution in [-0.4, -0.2) is 31.9 Å². The number of rotatable bonds is 4. The van der Waals surface area contributed by atoms with Crippen LogP contribution in [0, 0.1) is 20.8 Å². The summed E-state index contributed by atoms with van der Waals surface area (Å²) in [5.74, 6) is 0.955. The van der Waals surface area contributed by atoms with Crippen molar-refractivity contribution in [1.82, 2.24) is 4.31 Å². The lowest BCUT2D eigenvalue weighted by atomic mass is 10.1. The van der Waals surface area contributed by atoms with Gasteiger partial charge in [-0.25, -0.2) is 13.2 Å². The Morgan fingerprint density at radius 1 is 1.08 bits per heavy atom. The molecule has 1 aromatic heterocycles. The van der Waals surface area contributed by atoms with Crippen LogP contribution in [0.4, 0.5) is 0 Å². The molecule has 2 aromatic rings. The molecule has 6 nitrogen and oxygen atoms in total. The molecule has 26 heavy (non-hydrogen) atoms. The number of ether oxygens (including phenoxy) is 1. The van der Waals surface area contributed by atoms with Gasteiger partial charge in [-0.1, -0.05) is 17.7 Å². The van der Waals surface area contributed by atoms with E-state index in [-0.39, 0.29) is 6.10 Å². The Morgan fingerprint density at radius 3 is 2.38 bits per heavy atom. The zero-order chi connectivity index (χ0) is 18.9. The van der Waals surface area contributed by atoms with Gasteiger partial charge in [0, 0.05) is 19.2 Å². The molecule has 1 fully saturated rings. The molecular formula is C19H23NO5S. The Hall–Kier alpha value is -2.12. The standard InChI is InChI=1S/C19H23NO5S/c1-13-4-5-18(14(2)10-13)26(22,23)20-8-6-16(7-9-20)25-17-11-15(3)24-19(21)12-17/h4-5,10-12,16H,6-9H2,1-3H3. The number of sulfonamides is 1. The minimum Gasteiger partial charge on any atom is -0.490 e. The van der Waals surface area contributed by atoms with Gasteiger partial charge in [-0.15, -0.1) is 0 Å². The molecule has 1 aromatic carbocycles. The van der Waals surface area contributed by atoms with E-state index in [0.717, 1.165) is 11.1 Å². The van der Waals surface area contributed by atoms with Gasteiger partial charge >= 0.3 is 5.63 Å². The van der Waals surface area contributed by atoms with Crippen LogP contribution in [0.1, 0.15) is 29.7 Å². The van der Waals surface area contributed by atoms with E-state index in [1.807, 2.05) is 26.0 Å². The van der Waals surface area contributed by atoms with Crippen LogP contribution in [0.15, 0.2) is 44.4 Å². The van der Waals surface area contributed by atoms with Gasteiger partial charge in [0.25, 0.3) is 0 Å². The predicted octanol–water partition coefficient (Wildman–Crippen LogP) is 2.80. The number of hydrogen-bond donors (Lipinski definition) is 0. The van der Waals surface area contributed by atoms with Gasteiger partial charge in [0.1, 0.15) is 17.6 Å². The maximum Gasteiger partial charge on any atom is 0.339 e. The first-order valence-corrected chi connectivity index (χ1v) is 10.1. The highest BCUT2D eigenvalue weighted by atomic mass is 32.2. The largest absolute Gasteiger partial charge is 0.490 e. The van der Waals surface area contributed by atoms with E-state index in [4.69, 9.17) is 9.15 Å². The van der Waals surface area contributed by atoms with Crippen LogP contribution in [-0.2, 0) is 10.0 Å². The first-order valence-electron chi connectivity index (χ1n) is 8.61. The minimum absolute atomic E-state index is 0.123. The molecule has 0 spiro atoms. The summed E-state index contributed by atoms with van der Waals surface area (Å²) in [7, 11) is -3.51. The van der Waals surface area contributed by atoms with Crippen molar-refractivity contribution in [3.05, 3.63) is 57.6 Å². The van der Waals surface area contributed by atoms with Crippen LogP contribution >= 0.6 is 0 Å². The van der Waals surface area contributed by atoms with Crippen molar-refractivity contribution in [2.24, 2.45) is 0 Å². The van der Waals surface area contributed by atoms with E-state index in [1.54, 1.807) is 19.1 Å². The van der Waals surface area contributed by atoms with Gasteiger partial charge in [0.05, 0.1) is 11.0 Å². The Balaban J connectivity index is 1.68. The molecule has 0 amide bonds. The highest BCUT2D eigenvalue weighted by molar-refractivity contribution is 7.89. The Bertz CT molecular complexity index is 956. The van der Waals surface area contributed by atoms with E-state index >= 15 is 0 Å². The lowest BCUT2D eigenvalue weighted by Gasteiger charge is -2.31. The third kappa shape index (κ3) is 3.99. The minimum atomic E-state index is -3.51. The lowest BCUT2D eigenvalue weighted by Crippen LogP contribution is -2.42. The average Bonchev–Trinajstić information content (AvgIpc) is 2.54. The summed E-state index contributed by atoms with van der Waals surface area (Å²) in [6.07, 6.45) is 1.02. The van der Waals surface area contributed by atoms with Gasteiger partial charge in [-0.2, -0.15) is 4.31 Å². The lowest BCUT2D eigenvalue weighted by molar-refractivity contribution is 0.134. The SMILES string of the molecule is Cc1ccc(S(=O)(=O)N2CCC(Oc3cc(C)oc(=O)c3)CC2)c(C)c1. The summed E-state index contributed by atoms with van der Waals surface area (Å²) in [4.78, 5) is 11.8. The normalized spacial score (nSPS) is 16.6. The van der Waals surface area contributed by atoms with Gasteiger partial charge in [0.15, 0.2) is 0 Å². The fourth-order valence-corrected chi connectivity index (χ4v) is 4.93. The number of piperidine rings is 1. The summed E-state index contributed by atoms with van der Waals surface area (Å²) in [5, 5.41) is 0. The molecule has 7 heteroatoms. The summed E-state index contributed by atoms with van der Waals surface area (Å²) in [6, 6.07) is 8.35. The van der Waals surface area contributed by atoms with E-state index in [9.17, 15) is 13.2 Å². The summed E-state index contributed by atoms with van der Waals surface area (Å²) in [5.41, 5.74) is 1.35. The second-order valence-electron chi connectivity index (χ2n) is 6.71. The van der Waals surface area contributed by atoms with Gasteiger partial charge in [-0.3, -0.25) is 0 Å². The van der Waals surface area contributed by atoms with Crippen LogP contribution in [0.2, 0.25) is 0 Å². The highest BCUT2D eigenvalue weighted by Crippen LogP contribution is 2.25. The van der Waals surface area contributed by atoms with Gasteiger partial charge in [-0.05, 0) is 45.2 Å². The molecule has 0 N–H and O–H groups in total. The first kappa shape index (κ1) is 18.7. The third-order valence-corrected chi connectivity index (χ3v) is 6.58. The van der Waals surface area contributed by atoms with Crippen molar-refractivity contribution in [3.63, 3.8) is 0 Å². The average molecular weight is 377 g/mol. The monoisotopic (exact) mass is 377 g/mol. The molecule has 0 aliphatic carbocycles. The number of aryl methyl sites for hydroxylation is 3. The molecular weight excluding hydrogens is 354 g/mol. The fourth-order valence-electron chi connectivity index (χ4n) is 3.25. The highest BCUT2D eigenvalue weighted by Gasteiger charge is 2.31. The van der Waals surface area contributed by atoms with Crippen molar-refractivity contribution < 1.29 is 17.6 Å². The summed E-state index contributed by atoms with van der Waals surface area (Å²) in [6.45, 7) is 6.23. The van der Waals surface area contributed by atoms with Gasteiger partial charge < -0.3 is 9.15 Å². The van der Waals surface area contributed by atoms with Crippen molar-refractivity contribution in [1.29, 1.82) is 0 Å². The molecule has 0 bridgehead atoms. The molecule has 140 valence electrons. The summed E-state index contributed by atoms with van der Waals surface area (Å²) < 4.78 is 38.1. The fraction of sp³-hybridized carbons (Fsp3) is 0.421. The first-order chi connectivity index (χ1) is 12.3. The third-order valence-electron chi connectivity index (χ3n) is 4.52. The number of nitrogens with zero attached hydrogens (tertiary/aromatic N) is 1. The predicted molar refractivity (Wildman–Crippen MR) is 98.0 cm³/mol. The van der Waals surface area contributed by atoms with Crippen LogP contribution in [0.5, 0.6) is 5.75 Å². The van der Waals surface area contributed by atoms with Crippen LogP contribution in [0.25, 0.3) is 0 Å². The van der Waals surface area contributed by atoms with Gasteiger partial charge in [0.2, 0.25) is 10.0 Å². The second kappa shape index (κ2) is 7.25. The maximum absolute atomic E-state index is 12.9. The van der Waals surface area contributed by atoms with Crippen molar-refractivity contribution >= 4 is 10.0 Å². The van der Waals surface area contributed by atoms with Crippen LogP contribution in [0.3, 0.4) is 0 Å². The Morgan fingerprint density at radius 2 is 1.77 bits per heavy atom. The molecule has 0 unspecified atom stereocenters. The maximum atomic E-state index is 12.9. The smallest absolute Gasteiger partial charge is 0.339 e. The topological polar surface area (TPSA) is 76.8 Å². The van der Waals surface area contributed by atoms with E-state index in [1.165, 1.54) is 10.4 Å². The van der Waals surface area contributed by atoms with Crippen molar-refractivity contribution in [3.8, 4) is 5.75 Å². The molecule has 1 saturated heterocycles. The molecule has 3 rings (SSSR count). The van der Waals surface area contributed by atoms with Crippen molar-refractivity contribution in [2.75, 3.05) is 13.1 Å². The second-order valence-corrected chi connectivity index (χ2v) is 8.62. The van der Waals surface area contributed by atoms with Crippen molar-refractivity contribution in [2.45, 2.75) is 44.6 Å². The van der Waals surface area contributed by atoms with Crippen LogP contribution < -0.4 is 10.4 Å². The number of benzene rings is 1.